The van der Waals surface area contributed by atoms with Crippen LogP contribution >= 0.6 is 0 Å². The zero-order valence-electron chi connectivity index (χ0n) is 14.8. The lowest BCUT2D eigenvalue weighted by Gasteiger charge is -2.37. The van der Waals surface area contributed by atoms with Crippen molar-refractivity contribution in [2.45, 2.75) is 38.2 Å². The van der Waals surface area contributed by atoms with E-state index < -0.39 is 6.10 Å². The van der Waals surface area contributed by atoms with Crippen LogP contribution in [-0.2, 0) is 0 Å². The van der Waals surface area contributed by atoms with E-state index in [1.807, 2.05) is 30.3 Å². The number of piperazine rings is 1. The Morgan fingerprint density at radius 1 is 0.958 bits per heavy atom. The lowest BCUT2D eigenvalue weighted by Crippen LogP contribution is -2.50. The largest absolute Gasteiger partial charge is 0.491 e. The van der Waals surface area contributed by atoms with E-state index in [-0.39, 0.29) is 0 Å². The van der Waals surface area contributed by atoms with Gasteiger partial charge in [0.25, 0.3) is 0 Å². The first-order valence-electron chi connectivity index (χ1n) is 9.60. The number of benzene rings is 1. The van der Waals surface area contributed by atoms with Gasteiger partial charge in [-0.15, -0.1) is 0 Å². The third kappa shape index (κ3) is 5.76. The van der Waals surface area contributed by atoms with Gasteiger partial charge in [0.15, 0.2) is 0 Å². The van der Waals surface area contributed by atoms with E-state index in [1.54, 1.807) is 0 Å². The Morgan fingerprint density at radius 3 is 2.33 bits per heavy atom. The van der Waals surface area contributed by atoms with Crippen LogP contribution in [0.3, 0.4) is 0 Å². The summed E-state index contributed by atoms with van der Waals surface area (Å²) in [4.78, 5) is 5.00. The van der Waals surface area contributed by atoms with E-state index in [2.05, 4.69) is 9.80 Å². The molecule has 1 N–H and O–H groups in total. The fraction of sp³-hybridized carbons (Fsp3) is 0.700. The fourth-order valence-electron chi connectivity index (χ4n) is 3.95. The monoisotopic (exact) mass is 332 g/mol. The highest BCUT2D eigenvalue weighted by molar-refractivity contribution is 5.20. The molecule has 1 aromatic carbocycles. The number of rotatable bonds is 7. The Kier molecular flexibility index (Phi) is 6.94. The van der Waals surface area contributed by atoms with Crippen LogP contribution in [0.15, 0.2) is 30.3 Å². The van der Waals surface area contributed by atoms with Crippen molar-refractivity contribution in [3.05, 3.63) is 30.3 Å². The quantitative estimate of drug-likeness (QED) is 0.833. The first-order chi connectivity index (χ1) is 11.8. The van der Waals surface area contributed by atoms with Crippen molar-refractivity contribution in [1.29, 1.82) is 0 Å². The van der Waals surface area contributed by atoms with Crippen LogP contribution in [-0.4, -0.2) is 66.9 Å². The molecule has 4 nitrogen and oxygen atoms in total. The van der Waals surface area contributed by atoms with Gasteiger partial charge in [-0.05, 0) is 30.9 Å². The lowest BCUT2D eigenvalue weighted by molar-refractivity contribution is 0.0416. The normalized spacial score (nSPS) is 22.4. The minimum Gasteiger partial charge on any atom is -0.491 e. The Labute approximate surface area is 146 Å². The van der Waals surface area contributed by atoms with Gasteiger partial charge >= 0.3 is 0 Å². The number of hydrogen-bond acceptors (Lipinski definition) is 4. The van der Waals surface area contributed by atoms with Crippen molar-refractivity contribution < 1.29 is 9.84 Å². The number of hydrogen-bond donors (Lipinski definition) is 1. The molecule has 1 aromatic rings. The second-order valence-corrected chi connectivity index (χ2v) is 7.38. The Bertz CT molecular complexity index is 454. The predicted molar refractivity (Wildman–Crippen MR) is 97.4 cm³/mol. The summed E-state index contributed by atoms with van der Waals surface area (Å²) in [5, 5.41) is 10.2. The van der Waals surface area contributed by atoms with E-state index in [0.717, 1.165) is 37.8 Å². The van der Waals surface area contributed by atoms with Crippen molar-refractivity contribution >= 4 is 0 Å². The number of para-hydroxylation sites is 1. The predicted octanol–water partition coefficient (Wildman–Crippen LogP) is 2.62. The highest BCUT2D eigenvalue weighted by Gasteiger charge is 2.22. The van der Waals surface area contributed by atoms with Gasteiger partial charge in [-0.25, -0.2) is 0 Å². The molecule has 3 rings (SSSR count). The molecule has 1 heterocycles. The molecule has 2 aliphatic rings. The molecule has 0 bridgehead atoms. The van der Waals surface area contributed by atoms with E-state index in [1.165, 1.54) is 38.6 Å². The fourth-order valence-corrected chi connectivity index (χ4v) is 3.95. The highest BCUT2D eigenvalue weighted by atomic mass is 16.5. The zero-order valence-corrected chi connectivity index (χ0v) is 14.8. The number of aliphatic hydroxyl groups excluding tert-OH is 1. The number of nitrogens with zero attached hydrogens (tertiary/aromatic N) is 2. The van der Waals surface area contributed by atoms with Crippen molar-refractivity contribution in [1.82, 2.24) is 9.80 Å². The van der Waals surface area contributed by atoms with Crippen LogP contribution in [0.1, 0.15) is 32.1 Å². The van der Waals surface area contributed by atoms with E-state index >= 15 is 0 Å². The summed E-state index contributed by atoms with van der Waals surface area (Å²) in [5.41, 5.74) is 0. The van der Waals surface area contributed by atoms with Gasteiger partial charge in [-0.3, -0.25) is 4.90 Å². The molecule has 1 saturated carbocycles. The molecular weight excluding hydrogens is 300 g/mol. The zero-order chi connectivity index (χ0) is 16.6. The Hall–Kier alpha value is -1.10. The molecule has 4 heteroatoms. The molecule has 134 valence electrons. The molecule has 0 radical (unpaired) electrons. The van der Waals surface area contributed by atoms with Gasteiger partial charge < -0.3 is 14.7 Å². The van der Waals surface area contributed by atoms with Gasteiger partial charge in [-0.2, -0.15) is 0 Å². The summed E-state index contributed by atoms with van der Waals surface area (Å²) >= 11 is 0. The van der Waals surface area contributed by atoms with Crippen LogP contribution in [0.4, 0.5) is 0 Å². The topological polar surface area (TPSA) is 35.9 Å². The van der Waals surface area contributed by atoms with Gasteiger partial charge in [-0.1, -0.05) is 37.5 Å². The molecule has 24 heavy (non-hydrogen) atoms. The molecule has 0 spiro atoms. The second kappa shape index (κ2) is 9.40. The Morgan fingerprint density at radius 2 is 1.62 bits per heavy atom. The van der Waals surface area contributed by atoms with Gasteiger partial charge in [0.1, 0.15) is 18.5 Å². The summed E-state index contributed by atoms with van der Waals surface area (Å²) in [7, 11) is 0. The average Bonchev–Trinajstić information content (AvgIpc) is 2.63. The van der Waals surface area contributed by atoms with Crippen LogP contribution < -0.4 is 4.74 Å². The molecule has 1 atom stereocenters. The maximum absolute atomic E-state index is 10.2. The summed E-state index contributed by atoms with van der Waals surface area (Å²) in [5.74, 6) is 1.75. The smallest absolute Gasteiger partial charge is 0.119 e. The van der Waals surface area contributed by atoms with Crippen molar-refractivity contribution in [2.24, 2.45) is 5.92 Å². The molecule has 1 unspecified atom stereocenters. The molecule has 2 fully saturated rings. The molecule has 0 aromatic heterocycles. The molecule has 1 aliphatic carbocycles. The van der Waals surface area contributed by atoms with Gasteiger partial charge in [0, 0.05) is 39.3 Å². The molecule has 1 aliphatic heterocycles. The Balaban J connectivity index is 1.31. The molecule has 0 amide bonds. The highest BCUT2D eigenvalue weighted by Crippen LogP contribution is 2.24. The van der Waals surface area contributed by atoms with E-state index in [9.17, 15) is 5.11 Å². The van der Waals surface area contributed by atoms with E-state index in [0.29, 0.717) is 13.2 Å². The van der Waals surface area contributed by atoms with Crippen LogP contribution in [0.25, 0.3) is 0 Å². The van der Waals surface area contributed by atoms with Crippen LogP contribution in [0, 0.1) is 5.92 Å². The number of β-amino-alcohol motifs (C(OH)–C–C–N with tert-alkyl or cyclic N) is 1. The summed E-state index contributed by atoms with van der Waals surface area (Å²) in [6.07, 6.45) is 6.73. The minimum atomic E-state index is -0.421. The lowest BCUT2D eigenvalue weighted by atomic mass is 9.89. The first-order valence-corrected chi connectivity index (χ1v) is 9.60. The number of aliphatic hydroxyl groups is 1. The first kappa shape index (κ1) is 17.7. The van der Waals surface area contributed by atoms with Crippen LogP contribution in [0.2, 0.25) is 0 Å². The maximum Gasteiger partial charge on any atom is 0.119 e. The van der Waals surface area contributed by atoms with Crippen molar-refractivity contribution in [3.63, 3.8) is 0 Å². The minimum absolute atomic E-state index is 0.367. The SMILES string of the molecule is OC(COc1ccccc1)CN1CCN(CC2CCCCC2)CC1. The van der Waals surface area contributed by atoms with Crippen LogP contribution in [0.5, 0.6) is 5.75 Å². The maximum atomic E-state index is 10.2. The van der Waals surface area contributed by atoms with Crippen molar-refractivity contribution in [2.75, 3.05) is 45.9 Å². The standard InChI is InChI=1S/C20H32N2O2/c23-19(17-24-20-9-5-2-6-10-20)16-22-13-11-21(12-14-22)15-18-7-3-1-4-8-18/h2,5-6,9-10,18-19,23H,1,3-4,7-8,11-17H2. The van der Waals surface area contributed by atoms with Gasteiger partial charge in [0.05, 0.1) is 0 Å². The molecular formula is C20H32N2O2. The van der Waals surface area contributed by atoms with E-state index in [4.69, 9.17) is 4.74 Å². The third-order valence-corrected chi connectivity index (χ3v) is 5.36. The van der Waals surface area contributed by atoms with Crippen molar-refractivity contribution in [3.8, 4) is 5.75 Å². The summed E-state index contributed by atoms with van der Waals surface area (Å²) in [6, 6.07) is 9.73. The second-order valence-electron chi connectivity index (χ2n) is 7.38. The molecule has 1 saturated heterocycles. The third-order valence-electron chi connectivity index (χ3n) is 5.36. The summed E-state index contributed by atoms with van der Waals surface area (Å²) in [6.45, 7) is 6.78. The van der Waals surface area contributed by atoms with Gasteiger partial charge in [0.2, 0.25) is 0 Å². The average molecular weight is 332 g/mol. The summed E-state index contributed by atoms with van der Waals surface area (Å²) < 4.78 is 5.64. The number of ether oxygens (including phenoxy) is 1.